The Labute approximate surface area is 180 Å². The number of carbonyl (C=O) groups excluding carboxylic acids is 1. The van der Waals surface area contributed by atoms with Crippen molar-refractivity contribution in [3.8, 4) is 22.8 Å². The van der Waals surface area contributed by atoms with Crippen LogP contribution in [0, 0.1) is 6.92 Å². The average molecular weight is 468 g/mol. The monoisotopic (exact) mass is 467 g/mol. The maximum atomic E-state index is 13.1. The van der Waals surface area contributed by atoms with Gasteiger partial charge >= 0.3 is 0 Å². The van der Waals surface area contributed by atoms with Crippen LogP contribution in [0.3, 0.4) is 0 Å². The molecule has 0 unspecified atom stereocenters. The first-order chi connectivity index (χ1) is 14.4. The van der Waals surface area contributed by atoms with Crippen LogP contribution < -0.4 is 10.9 Å². The maximum absolute atomic E-state index is 13.1. The Hall–Kier alpha value is -3.53. The lowest BCUT2D eigenvalue weighted by Crippen LogP contribution is -2.23. The van der Waals surface area contributed by atoms with Gasteiger partial charge in [-0.05, 0) is 41.6 Å². The zero-order valence-electron chi connectivity index (χ0n) is 16.5. The summed E-state index contributed by atoms with van der Waals surface area (Å²) < 4.78 is 5.71. The predicted molar refractivity (Wildman–Crippen MR) is 116 cm³/mol. The zero-order chi connectivity index (χ0) is 21.4. The molecular formula is C20H18BrN7O2. The van der Waals surface area contributed by atoms with Gasteiger partial charge in [0.1, 0.15) is 5.69 Å². The molecule has 1 amide bonds. The third kappa shape index (κ3) is 3.35. The smallest absolute Gasteiger partial charge is 0.295 e. The SMILES string of the molecule is CC(=O)Nc1c(C)n(C)n(-c2ccccc2-n2nnnc2-c2ccc(Br)cc2)c1=O. The zero-order valence-corrected chi connectivity index (χ0v) is 18.1. The van der Waals surface area contributed by atoms with Crippen molar-refractivity contribution in [3.05, 3.63) is 69.1 Å². The number of anilines is 1. The minimum Gasteiger partial charge on any atom is -0.320 e. The number of nitrogens with one attached hydrogen (secondary N) is 1. The first kappa shape index (κ1) is 19.8. The standard InChI is InChI=1S/C20H18BrN7O2/c1-12-18(22-13(2)29)20(30)28(26(12)3)17-7-5-4-6-16(17)27-19(23-24-25-27)14-8-10-15(21)11-9-14/h4-11H,1-3H3,(H,22,29). The third-order valence-corrected chi connectivity index (χ3v) is 5.29. The topological polar surface area (TPSA) is 99.6 Å². The van der Waals surface area contributed by atoms with E-state index in [0.717, 1.165) is 10.0 Å². The molecule has 0 bridgehead atoms. The lowest BCUT2D eigenvalue weighted by molar-refractivity contribution is -0.114. The molecule has 152 valence electrons. The van der Waals surface area contributed by atoms with Crippen LogP contribution in [0.1, 0.15) is 12.6 Å². The number of benzene rings is 2. The van der Waals surface area contributed by atoms with E-state index in [-0.39, 0.29) is 17.2 Å². The summed E-state index contributed by atoms with van der Waals surface area (Å²) in [6.07, 6.45) is 0. The minimum atomic E-state index is -0.337. The number of aromatic nitrogens is 6. The highest BCUT2D eigenvalue weighted by atomic mass is 79.9. The number of hydrogen-bond acceptors (Lipinski definition) is 5. The summed E-state index contributed by atoms with van der Waals surface area (Å²) in [4.78, 5) is 24.7. The Kier molecular flexibility index (Phi) is 5.08. The van der Waals surface area contributed by atoms with Crippen molar-refractivity contribution in [3.63, 3.8) is 0 Å². The summed E-state index contributed by atoms with van der Waals surface area (Å²) in [6, 6.07) is 14.9. The lowest BCUT2D eigenvalue weighted by atomic mass is 10.2. The fraction of sp³-hybridized carbons (Fsp3) is 0.150. The van der Waals surface area contributed by atoms with Crippen molar-refractivity contribution in [2.75, 3.05) is 5.32 Å². The predicted octanol–water partition coefficient (Wildman–Crippen LogP) is 2.85. The number of rotatable bonds is 4. The fourth-order valence-corrected chi connectivity index (χ4v) is 3.51. The molecule has 0 aliphatic carbocycles. The molecule has 9 nitrogen and oxygen atoms in total. The quantitative estimate of drug-likeness (QED) is 0.497. The molecule has 30 heavy (non-hydrogen) atoms. The van der Waals surface area contributed by atoms with Crippen molar-refractivity contribution in [1.29, 1.82) is 0 Å². The van der Waals surface area contributed by atoms with Crippen LogP contribution in [0.4, 0.5) is 5.69 Å². The van der Waals surface area contributed by atoms with E-state index in [1.54, 1.807) is 29.4 Å². The number of nitrogens with zero attached hydrogens (tertiary/aromatic N) is 6. The molecule has 0 radical (unpaired) electrons. The highest BCUT2D eigenvalue weighted by Crippen LogP contribution is 2.25. The Bertz CT molecular complexity index is 1300. The molecule has 0 aliphatic heterocycles. The van der Waals surface area contributed by atoms with Gasteiger partial charge in [0.05, 0.1) is 17.1 Å². The largest absolute Gasteiger partial charge is 0.320 e. The van der Waals surface area contributed by atoms with Crippen molar-refractivity contribution in [2.24, 2.45) is 7.05 Å². The van der Waals surface area contributed by atoms with E-state index in [1.807, 2.05) is 42.5 Å². The minimum absolute atomic E-state index is 0.240. The molecule has 2 aromatic heterocycles. The first-order valence-corrected chi connectivity index (χ1v) is 9.88. The fourth-order valence-electron chi connectivity index (χ4n) is 3.25. The third-order valence-electron chi connectivity index (χ3n) is 4.76. The number of halogens is 1. The van der Waals surface area contributed by atoms with Gasteiger partial charge in [-0.15, -0.1) is 5.10 Å². The van der Waals surface area contributed by atoms with Crippen molar-refractivity contribution < 1.29 is 4.79 Å². The maximum Gasteiger partial charge on any atom is 0.295 e. The van der Waals surface area contributed by atoms with Gasteiger partial charge in [-0.1, -0.05) is 40.2 Å². The second kappa shape index (κ2) is 7.71. The molecule has 2 heterocycles. The molecule has 0 saturated carbocycles. The van der Waals surface area contributed by atoms with Crippen LogP contribution in [0.5, 0.6) is 0 Å². The van der Waals surface area contributed by atoms with Crippen molar-refractivity contribution >= 4 is 27.5 Å². The second-order valence-corrected chi connectivity index (χ2v) is 7.61. The van der Waals surface area contributed by atoms with Crippen LogP contribution >= 0.6 is 15.9 Å². The van der Waals surface area contributed by atoms with E-state index in [1.165, 1.54) is 11.6 Å². The molecule has 10 heteroatoms. The number of tetrazole rings is 1. The summed E-state index contributed by atoms with van der Waals surface area (Å²) >= 11 is 3.43. The molecule has 1 N–H and O–H groups in total. The average Bonchev–Trinajstić information content (AvgIpc) is 3.28. The van der Waals surface area contributed by atoms with Gasteiger partial charge in [0, 0.05) is 24.0 Å². The Balaban J connectivity index is 1.92. The van der Waals surface area contributed by atoms with E-state index < -0.39 is 0 Å². The van der Waals surface area contributed by atoms with Crippen molar-refractivity contribution in [1.82, 2.24) is 29.6 Å². The number of para-hydroxylation sites is 2. The van der Waals surface area contributed by atoms with Gasteiger partial charge in [0.2, 0.25) is 5.91 Å². The van der Waals surface area contributed by atoms with Gasteiger partial charge in [-0.3, -0.25) is 14.3 Å². The van der Waals surface area contributed by atoms with Gasteiger partial charge in [-0.2, -0.15) is 4.68 Å². The number of amides is 1. The summed E-state index contributed by atoms with van der Waals surface area (Å²) in [5, 5.41) is 14.8. The molecular weight excluding hydrogens is 450 g/mol. The van der Waals surface area contributed by atoms with Crippen LogP contribution in [-0.4, -0.2) is 35.5 Å². The van der Waals surface area contributed by atoms with Gasteiger partial charge in [0.15, 0.2) is 5.82 Å². The highest BCUT2D eigenvalue weighted by Gasteiger charge is 2.21. The normalized spacial score (nSPS) is 10.9. The molecule has 0 fully saturated rings. The van der Waals surface area contributed by atoms with Gasteiger partial charge in [0.25, 0.3) is 5.56 Å². The Morgan fingerprint density at radius 1 is 1.07 bits per heavy atom. The van der Waals surface area contributed by atoms with Crippen LogP contribution in [0.15, 0.2) is 57.8 Å². The summed E-state index contributed by atoms with van der Waals surface area (Å²) in [7, 11) is 1.76. The highest BCUT2D eigenvalue weighted by molar-refractivity contribution is 9.10. The number of hydrogen-bond donors (Lipinski definition) is 1. The van der Waals surface area contributed by atoms with E-state index in [2.05, 4.69) is 36.8 Å². The Morgan fingerprint density at radius 3 is 2.40 bits per heavy atom. The van der Waals surface area contributed by atoms with Gasteiger partial charge < -0.3 is 5.32 Å². The van der Waals surface area contributed by atoms with E-state index in [0.29, 0.717) is 22.9 Å². The molecule has 0 aliphatic rings. The Morgan fingerprint density at radius 2 is 1.73 bits per heavy atom. The lowest BCUT2D eigenvalue weighted by Gasteiger charge is -2.14. The summed E-state index contributed by atoms with van der Waals surface area (Å²) in [5.74, 6) is 0.232. The molecule has 0 atom stereocenters. The van der Waals surface area contributed by atoms with Crippen molar-refractivity contribution in [2.45, 2.75) is 13.8 Å². The van der Waals surface area contributed by atoms with Crippen LogP contribution in [-0.2, 0) is 11.8 Å². The first-order valence-electron chi connectivity index (χ1n) is 9.08. The molecule has 4 aromatic rings. The number of carbonyl (C=O) groups is 1. The molecule has 4 rings (SSSR count). The summed E-state index contributed by atoms with van der Waals surface area (Å²) in [6.45, 7) is 3.14. The van der Waals surface area contributed by atoms with E-state index in [4.69, 9.17) is 0 Å². The van der Waals surface area contributed by atoms with E-state index >= 15 is 0 Å². The molecule has 2 aromatic carbocycles. The molecule has 0 spiro atoms. The summed E-state index contributed by atoms with van der Waals surface area (Å²) in [5.41, 5.74) is 2.57. The van der Waals surface area contributed by atoms with Crippen LogP contribution in [0.25, 0.3) is 22.8 Å². The second-order valence-electron chi connectivity index (χ2n) is 6.69. The molecule has 0 saturated heterocycles. The van der Waals surface area contributed by atoms with E-state index in [9.17, 15) is 9.59 Å². The van der Waals surface area contributed by atoms with Gasteiger partial charge in [-0.25, -0.2) is 4.68 Å². The van der Waals surface area contributed by atoms with Crippen LogP contribution in [0.2, 0.25) is 0 Å².